The lowest BCUT2D eigenvalue weighted by Gasteiger charge is -2.36. The number of alkyl halides is 1. The molecule has 3 heterocycles. The maximum atomic E-state index is 14.7. The summed E-state index contributed by atoms with van der Waals surface area (Å²) in [6, 6.07) is 4.05. The topological polar surface area (TPSA) is 58.1 Å². The lowest BCUT2D eigenvalue weighted by atomic mass is 9.76. The summed E-state index contributed by atoms with van der Waals surface area (Å²) in [5, 5.41) is 9.44. The normalized spacial score (nSPS) is 29.1. The van der Waals surface area contributed by atoms with Gasteiger partial charge in [-0.25, -0.2) is 9.37 Å². The SMILES string of the molecule is CCC(F)(CC)CN1CCC(COc2ccc(C3(C)C=CC(C4OC4O)=CC3)cn2)CC1. The number of hydrogen-bond acceptors (Lipinski definition) is 5. The molecule has 0 radical (unpaired) electrons. The number of nitrogens with zero attached hydrogens (tertiary/aromatic N) is 2. The number of ether oxygens (including phenoxy) is 2. The van der Waals surface area contributed by atoms with Gasteiger partial charge in [-0.3, -0.25) is 0 Å². The Bertz CT molecular complexity index is 828. The molecule has 0 spiro atoms. The maximum absolute atomic E-state index is 14.7. The van der Waals surface area contributed by atoms with E-state index in [2.05, 4.69) is 41.1 Å². The van der Waals surface area contributed by atoms with Crippen LogP contribution in [0.2, 0.25) is 0 Å². The summed E-state index contributed by atoms with van der Waals surface area (Å²) in [5.74, 6) is 1.15. The molecule has 5 nitrogen and oxygen atoms in total. The third kappa shape index (κ3) is 5.41. The van der Waals surface area contributed by atoms with Crippen LogP contribution in [0.3, 0.4) is 0 Å². The van der Waals surface area contributed by atoms with Crippen LogP contribution in [-0.4, -0.2) is 59.3 Å². The van der Waals surface area contributed by atoms with Crippen LogP contribution in [-0.2, 0) is 10.2 Å². The van der Waals surface area contributed by atoms with Crippen LogP contribution in [0.25, 0.3) is 0 Å². The molecule has 2 aliphatic heterocycles. The minimum Gasteiger partial charge on any atom is -0.477 e. The van der Waals surface area contributed by atoms with Gasteiger partial charge in [-0.1, -0.05) is 45.1 Å². The summed E-state index contributed by atoms with van der Waals surface area (Å²) in [6.07, 6.45) is 11.6. The highest BCUT2D eigenvalue weighted by Crippen LogP contribution is 2.38. The number of rotatable bonds is 9. The lowest BCUT2D eigenvalue weighted by molar-refractivity contribution is 0.0565. The third-order valence-corrected chi connectivity index (χ3v) is 7.55. The Kier molecular flexibility index (Phi) is 7.03. The molecule has 1 N–H and O–H groups in total. The van der Waals surface area contributed by atoms with Crippen molar-refractivity contribution in [1.29, 1.82) is 0 Å². The Morgan fingerprint density at radius 2 is 2.00 bits per heavy atom. The summed E-state index contributed by atoms with van der Waals surface area (Å²) in [6.45, 7) is 9.16. The van der Waals surface area contributed by atoms with Crippen LogP contribution in [0.1, 0.15) is 58.4 Å². The second-order valence-corrected chi connectivity index (χ2v) is 9.88. The van der Waals surface area contributed by atoms with Crippen molar-refractivity contribution in [2.45, 2.75) is 76.4 Å². The Hall–Kier alpha value is -1.76. The first-order valence-corrected chi connectivity index (χ1v) is 12.1. The predicted octanol–water partition coefficient (Wildman–Crippen LogP) is 4.56. The van der Waals surface area contributed by atoms with Gasteiger partial charge in [-0.2, -0.15) is 0 Å². The highest BCUT2D eigenvalue weighted by Gasteiger charge is 2.40. The summed E-state index contributed by atoms with van der Waals surface area (Å²) in [5.41, 5.74) is 1.02. The van der Waals surface area contributed by atoms with Gasteiger partial charge in [0.05, 0.1) is 6.61 Å². The molecule has 3 aliphatic rings. The summed E-state index contributed by atoms with van der Waals surface area (Å²) >= 11 is 0. The van der Waals surface area contributed by atoms with E-state index in [1.807, 2.05) is 26.1 Å². The van der Waals surface area contributed by atoms with Gasteiger partial charge < -0.3 is 19.5 Å². The van der Waals surface area contributed by atoms with Crippen molar-refractivity contribution in [1.82, 2.24) is 9.88 Å². The molecule has 4 rings (SSSR count). The number of likely N-dealkylation sites (tertiary alicyclic amines) is 1. The van der Waals surface area contributed by atoms with Gasteiger partial charge in [0.25, 0.3) is 0 Å². The number of aliphatic hydroxyl groups is 1. The molecule has 0 saturated carbocycles. The summed E-state index contributed by atoms with van der Waals surface area (Å²) in [7, 11) is 0. The van der Waals surface area contributed by atoms with E-state index in [-0.39, 0.29) is 11.5 Å². The van der Waals surface area contributed by atoms with Crippen molar-refractivity contribution < 1.29 is 19.0 Å². The standard InChI is InChI=1S/C26H37FN2O3/c1-4-26(27,5-2)18-29-14-10-19(11-15-29)17-31-22-7-6-21(16-28-22)25(3)12-8-20(9-13-25)23-24(30)32-23/h6-9,12,16,19,23-24,30H,4-5,10-11,13-15,17-18H2,1-3H3. The minimum absolute atomic E-state index is 0.121. The van der Waals surface area contributed by atoms with E-state index in [0.29, 0.717) is 37.8 Å². The predicted molar refractivity (Wildman–Crippen MR) is 123 cm³/mol. The zero-order valence-corrected chi connectivity index (χ0v) is 19.6. The third-order valence-electron chi connectivity index (χ3n) is 7.55. The van der Waals surface area contributed by atoms with Gasteiger partial charge in [-0.15, -0.1) is 0 Å². The van der Waals surface area contributed by atoms with E-state index in [9.17, 15) is 9.50 Å². The van der Waals surface area contributed by atoms with Gasteiger partial charge >= 0.3 is 0 Å². The molecule has 6 heteroatoms. The monoisotopic (exact) mass is 444 g/mol. The number of halogens is 1. The molecule has 1 aromatic rings. The molecule has 2 saturated heterocycles. The average Bonchev–Trinajstić information content (AvgIpc) is 3.55. The van der Waals surface area contributed by atoms with Crippen LogP contribution >= 0.6 is 0 Å². The number of allylic oxidation sites excluding steroid dienone is 2. The van der Waals surface area contributed by atoms with Crippen molar-refractivity contribution in [3.8, 4) is 5.88 Å². The summed E-state index contributed by atoms with van der Waals surface area (Å²) < 4.78 is 25.8. The van der Waals surface area contributed by atoms with Gasteiger partial charge in [0.1, 0.15) is 11.8 Å². The Morgan fingerprint density at radius 1 is 1.28 bits per heavy atom. The Labute approximate surface area is 191 Å². The number of piperidine rings is 1. The second-order valence-electron chi connectivity index (χ2n) is 9.88. The first kappa shape index (κ1) is 23.4. The van der Waals surface area contributed by atoms with Crippen LogP contribution in [0.4, 0.5) is 4.39 Å². The second kappa shape index (κ2) is 9.62. The van der Waals surface area contributed by atoms with E-state index in [1.54, 1.807) is 0 Å². The molecule has 176 valence electrons. The van der Waals surface area contributed by atoms with Crippen LogP contribution in [0.15, 0.2) is 42.1 Å². The zero-order chi connectivity index (χ0) is 22.8. The highest BCUT2D eigenvalue weighted by atomic mass is 19.1. The molecule has 0 amide bonds. The zero-order valence-electron chi connectivity index (χ0n) is 19.6. The molecule has 1 aromatic heterocycles. The number of hydrogen-bond donors (Lipinski definition) is 1. The van der Waals surface area contributed by atoms with Gasteiger partial charge in [0.2, 0.25) is 5.88 Å². The van der Waals surface area contributed by atoms with E-state index >= 15 is 0 Å². The van der Waals surface area contributed by atoms with Crippen molar-refractivity contribution in [3.05, 3.63) is 47.7 Å². The number of epoxide rings is 1. The van der Waals surface area contributed by atoms with Crippen molar-refractivity contribution in [2.24, 2.45) is 5.92 Å². The number of pyridine rings is 1. The Morgan fingerprint density at radius 3 is 2.53 bits per heavy atom. The fourth-order valence-corrected chi connectivity index (χ4v) is 4.71. The molecule has 1 aliphatic carbocycles. The average molecular weight is 445 g/mol. The van der Waals surface area contributed by atoms with E-state index in [1.165, 1.54) is 0 Å². The molecule has 3 atom stereocenters. The van der Waals surface area contributed by atoms with Crippen LogP contribution in [0.5, 0.6) is 5.88 Å². The van der Waals surface area contributed by atoms with Gasteiger partial charge in [0.15, 0.2) is 6.29 Å². The molecule has 0 aromatic carbocycles. The fraction of sp³-hybridized carbons (Fsp3) is 0.654. The molecule has 2 fully saturated rings. The molecular weight excluding hydrogens is 407 g/mol. The van der Waals surface area contributed by atoms with Crippen molar-refractivity contribution in [3.63, 3.8) is 0 Å². The number of aromatic nitrogens is 1. The first-order chi connectivity index (χ1) is 15.3. The molecule has 0 bridgehead atoms. The largest absolute Gasteiger partial charge is 0.477 e. The highest BCUT2D eigenvalue weighted by molar-refractivity contribution is 5.40. The van der Waals surface area contributed by atoms with Crippen molar-refractivity contribution >= 4 is 0 Å². The van der Waals surface area contributed by atoms with E-state index < -0.39 is 12.0 Å². The maximum Gasteiger partial charge on any atom is 0.213 e. The van der Waals surface area contributed by atoms with Crippen LogP contribution in [0, 0.1) is 5.92 Å². The first-order valence-electron chi connectivity index (χ1n) is 12.1. The molecular formula is C26H37FN2O3. The summed E-state index contributed by atoms with van der Waals surface area (Å²) in [4.78, 5) is 6.81. The number of aliphatic hydroxyl groups excluding tert-OH is 1. The van der Waals surface area contributed by atoms with Gasteiger partial charge in [-0.05, 0) is 62.2 Å². The van der Waals surface area contributed by atoms with E-state index in [0.717, 1.165) is 43.5 Å². The smallest absolute Gasteiger partial charge is 0.213 e. The fourth-order valence-electron chi connectivity index (χ4n) is 4.71. The van der Waals surface area contributed by atoms with E-state index in [4.69, 9.17) is 9.47 Å². The van der Waals surface area contributed by atoms with Crippen molar-refractivity contribution in [2.75, 3.05) is 26.2 Å². The molecule has 32 heavy (non-hydrogen) atoms. The minimum atomic E-state index is -1.05. The molecule has 3 unspecified atom stereocenters. The van der Waals surface area contributed by atoms with Crippen LogP contribution < -0.4 is 4.74 Å². The Balaban J connectivity index is 1.23. The quantitative estimate of drug-likeness (QED) is 0.566. The van der Waals surface area contributed by atoms with Gasteiger partial charge in [0, 0.05) is 24.2 Å². The lowest BCUT2D eigenvalue weighted by Crippen LogP contribution is -2.44.